The number of nitrogens with zero attached hydrogens (tertiary/aromatic N) is 4. The van der Waals surface area contributed by atoms with Gasteiger partial charge in [-0.25, -0.2) is 0 Å². The first-order valence-electron chi connectivity index (χ1n) is 15.7. The highest BCUT2D eigenvalue weighted by Crippen LogP contribution is 2.30. The smallest absolute Gasteiger partial charge is 0.256 e. The monoisotopic (exact) mass is 645 g/mol. The van der Waals surface area contributed by atoms with Crippen molar-refractivity contribution in [2.24, 2.45) is 0 Å². The van der Waals surface area contributed by atoms with E-state index in [9.17, 15) is 9.59 Å². The molecule has 2 amide bonds. The molecular formula is C35H43N5O3S2. The minimum Gasteiger partial charge on any atom is -0.494 e. The number of rotatable bonds is 14. The molecule has 238 valence electrons. The number of amides is 2. The molecule has 2 fully saturated rings. The highest BCUT2D eigenvalue weighted by molar-refractivity contribution is 7.98. The molecule has 0 radical (unpaired) electrons. The average molecular weight is 646 g/mol. The summed E-state index contributed by atoms with van der Waals surface area (Å²) in [5, 5.41) is 3.42. The van der Waals surface area contributed by atoms with E-state index in [1.165, 1.54) is 5.56 Å². The molecule has 2 aliphatic rings. The van der Waals surface area contributed by atoms with Crippen LogP contribution >= 0.6 is 24.0 Å². The number of benzene rings is 3. The molecule has 10 heteroatoms. The Hall–Kier alpha value is -3.44. The van der Waals surface area contributed by atoms with Crippen LogP contribution in [0, 0.1) is 0 Å². The van der Waals surface area contributed by atoms with E-state index in [-0.39, 0.29) is 18.2 Å². The Bertz CT molecular complexity index is 1430. The van der Waals surface area contributed by atoms with Crippen molar-refractivity contribution in [3.63, 3.8) is 0 Å². The molecule has 2 aliphatic heterocycles. The lowest BCUT2D eigenvalue weighted by atomic mass is 10.1. The maximum atomic E-state index is 13.9. The van der Waals surface area contributed by atoms with Crippen LogP contribution in [0.3, 0.4) is 0 Å². The van der Waals surface area contributed by atoms with Crippen LogP contribution < -0.4 is 15.0 Å². The molecule has 0 aliphatic carbocycles. The summed E-state index contributed by atoms with van der Waals surface area (Å²) in [5.41, 5.74) is 2.75. The van der Waals surface area contributed by atoms with E-state index in [0.717, 1.165) is 68.4 Å². The predicted octanol–water partition coefficient (Wildman–Crippen LogP) is 5.74. The van der Waals surface area contributed by atoms with Crippen molar-refractivity contribution >= 4 is 52.3 Å². The van der Waals surface area contributed by atoms with Crippen LogP contribution in [0.2, 0.25) is 0 Å². The lowest BCUT2D eigenvalue weighted by Crippen LogP contribution is -2.47. The van der Waals surface area contributed by atoms with Crippen molar-refractivity contribution in [2.75, 3.05) is 62.3 Å². The van der Waals surface area contributed by atoms with Gasteiger partial charge in [0.1, 0.15) is 11.8 Å². The lowest BCUT2D eigenvalue weighted by Gasteiger charge is -2.35. The zero-order valence-electron chi connectivity index (χ0n) is 26.2. The molecule has 2 saturated heterocycles. The number of hydrogen-bond donors (Lipinski definition) is 1. The van der Waals surface area contributed by atoms with Gasteiger partial charge in [0.25, 0.3) is 5.91 Å². The van der Waals surface area contributed by atoms with Crippen LogP contribution in [0.4, 0.5) is 11.4 Å². The van der Waals surface area contributed by atoms with Gasteiger partial charge in [0.2, 0.25) is 5.91 Å². The minimum atomic E-state index is -0.662. The Kier molecular flexibility index (Phi) is 11.9. The molecule has 0 aromatic heterocycles. The van der Waals surface area contributed by atoms with Gasteiger partial charge in [0, 0.05) is 49.9 Å². The predicted molar refractivity (Wildman–Crippen MR) is 187 cm³/mol. The Morgan fingerprint density at radius 1 is 0.956 bits per heavy atom. The number of carbonyl (C=O) groups excluding carboxylic acids is 2. The largest absolute Gasteiger partial charge is 0.494 e. The molecular weight excluding hydrogens is 603 g/mol. The van der Waals surface area contributed by atoms with E-state index >= 15 is 0 Å². The molecule has 1 N–H and O–H groups in total. The van der Waals surface area contributed by atoms with Gasteiger partial charge in [-0.3, -0.25) is 19.4 Å². The Morgan fingerprint density at radius 3 is 2.40 bits per heavy atom. The molecule has 0 bridgehead atoms. The number of nitrogens with one attached hydrogen (secondary N) is 1. The van der Waals surface area contributed by atoms with E-state index in [1.54, 1.807) is 16.7 Å². The Balaban J connectivity index is 1.20. The van der Waals surface area contributed by atoms with E-state index in [4.69, 9.17) is 17.0 Å². The fourth-order valence-corrected chi connectivity index (χ4v) is 6.66. The van der Waals surface area contributed by atoms with Crippen molar-refractivity contribution in [3.05, 3.63) is 84.4 Å². The number of carbonyl (C=O) groups is 2. The first-order valence-corrected chi connectivity index (χ1v) is 17.4. The van der Waals surface area contributed by atoms with E-state index in [2.05, 4.69) is 52.4 Å². The molecule has 3 aromatic rings. The summed E-state index contributed by atoms with van der Waals surface area (Å²) >= 11 is 7.53. The number of anilines is 2. The van der Waals surface area contributed by atoms with Gasteiger partial charge in [-0.2, -0.15) is 0 Å². The second-order valence-electron chi connectivity index (χ2n) is 11.4. The van der Waals surface area contributed by atoms with Crippen molar-refractivity contribution in [3.8, 4) is 5.75 Å². The lowest BCUT2D eigenvalue weighted by molar-refractivity contribution is -0.124. The molecule has 3 aromatic carbocycles. The van der Waals surface area contributed by atoms with Crippen LogP contribution in [-0.4, -0.2) is 89.8 Å². The molecule has 0 unspecified atom stereocenters. The van der Waals surface area contributed by atoms with Crippen LogP contribution in [0.1, 0.15) is 31.7 Å². The van der Waals surface area contributed by atoms with Crippen molar-refractivity contribution in [2.45, 2.75) is 43.7 Å². The standard InChI is InChI=1S/C35H43N5O3S2/c1-3-23-43-30-15-13-28(14-16-30)36-33(41)25-32-34(42)40(29-11-7-12-31(24-29)45-2)35(44)39(32)18-8-17-37-19-21-38(22-20-37)26-27-9-5-4-6-10-27/h4-7,9-16,24,32H,3,8,17-23,25-26H2,1-2H3,(H,36,41)/t32-/m0/s1. The summed E-state index contributed by atoms with van der Waals surface area (Å²) in [5.74, 6) is 0.377. The van der Waals surface area contributed by atoms with Crippen LogP contribution in [0.25, 0.3) is 0 Å². The van der Waals surface area contributed by atoms with Crippen LogP contribution in [0.15, 0.2) is 83.8 Å². The van der Waals surface area contributed by atoms with Gasteiger partial charge in [0.05, 0.1) is 18.7 Å². The fraction of sp³-hybridized carbons (Fsp3) is 0.400. The maximum Gasteiger partial charge on any atom is 0.256 e. The molecule has 0 spiro atoms. The van der Waals surface area contributed by atoms with Crippen LogP contribution in [0.5, 0.6) is 5.75 Å². The number of ether oxygens (including phenoxy) is 1. The van der Waals surface area contributed by atoms with Gasteiger partial charge in [-0.15, -0.1) is 11.8 Å². The number of hydrogen-bond acceptors (Lipinski definition) is 7. The molecule has 5 rings (SSSR count). The van der Waals surface area contributed by atoms with Crippen LogP contribution in [-0.2, 0) is 16.1 Å². The zero-order chi connectivity index (χ0) is 31.6. The summed E-state index contributed by atoms with van der Waals surface area (Å²) < 4.78 is 5.65. The molecule has 2 heterocycles. The quantitative estimate of drug-likeness (QED) is 0.176. The van der Waals surface area contributed by atoms with Gasteiger partial charge in [0.15, 0.2) is 5.11 Å². The third kappa shape index (κ3) is 8.85. The molecule has 1 atom stereocenters. The summed E-state index contributed by atoms with van der Waals surface area (Å²) in [6.45, 7) is 9.29. The topological polar surface area (TPSA) is 68.4 Å². The number of thiocarbonyl (C=S) groups is 1. The average Bonchev–Trinajstić information content (AvgIpc) is 3.29. The van der Waals surface area contributed by atoms with Gasteiger partial charge in [-0.1, -0.05) is 43.3 Å². The van der Waals surface area contributed by atoms with Gasteiger partial charge in [-0.05, 0) is 85.9 Å². The van der Waals surface area contributed by atoms with E-state index in [0.29, 0.717) is 24.0 Å². The summed E-state index contributed by atoms with van der Waals surface area (Å²) in [6.07, 6.45) is 3.80. The number of piperazine rings is 1. The Morgan fingerprint density at radius 2 is 1.69 bits per heavy atom. The normalized spacial score (nSPS) is 17.6. The number of thioether (sulfide) groups is 1. The SMILES string of the molecule is CCCOc1ccc(NC(=O)C[C@H]2C(=O)N(c3cccc(SC)c3)C(=S)N2CCCN2CCN(Cc3ccccc3)CC2)cc1. The highest BCUT2D eigenvalue weighted by Gasteiger charge is 2.44. The summed E-state index contributed by atoms with van der Waals surface area (Å²) in [6, 6.07) is 25.1. The van der Waals surface area contributed by atoms with E-state index in [1.807, 2.05) is 59.7 Å². The maximum absolute atomic E-state index is 13.9. The second kappa shape index (κ2) is 16.2. The molecule has 0 saturated carbocycles. The minimum absolute atomic E-state index is 0.0178. The highest BCUT2D eigenvalue weighted by atomic mass is 32.2. The summed E-state index contributed by atoms with van der Waals surface area (Å²) in [7, 11) is 0. The fourth-order valence-electron chi connectivity index (χ4n) is 5.79. The van der Waals surface area contributed by atoms with Crippen molar-refractivity contribution < 1.29 is 14.3 Å². The Labute approximate surface area is 276 Å². The third-order valence-corrected chi connectivity index (χ3v) is 9.35. The third-order valence-electron chi connectivity index (χ3n) is 8.21. The second-order valence-corrected chi connectivity index (χ2v) is 12.7. The van der Waals surface area contributed by atoms with Gasteiger partial charge >= 0.3 is 0 Å². The van der Waals surface area contributed by atoms with Crippen molar-refractivity contribution in [1.29, 1.82) is 0 Å². The zero-order valence-corrected chi connectivity index (χ0v) is 27.8. The van der Waals surface area contributed by atoms with Crippen molar-refractivity contribution in [1.82, 2.24) is 14.7 Å². The summed E-state index contributed by atoms with van der Waals surface area (Å²) in [4.78, 5) is 36.7. The van der Waals surface area contributed by atoms with Gasteiger partial charge < -0.3 is 19.9 Å². The van der Waals surface area contributed by atoms with E-state index < -0.39 is 6.04 Å². The molecule has 8 nitrogen and oxygen atoms in total. The first kappa shape index (κ1) is 32.9. The first-order chi connectivity index (χ1) is 21.9. The molecule has 45 heavy (non-hydrogen) atoms.